The molecule has 0 fully saturated rings. The van der Waals surface area contributed by atoms with Gasteiger partial charge in [0.05, 0.1) is 11.1 Å². The van der Waals surface area contributed by atoms with E-state index in [2.05, 4.69) is 12.1 Å². The summed E-state index contributed by atoms with van der Waals surface area (Å²) in [5.41, 5.74) is 2.82. The smallest absolute Gasteiger partial charge is 0.338 e. The normalized spacial score (nSPS) is 10.8. The molecule has 34 heavy (non-hydrogen) atoms. The van der Waals surface area contributed by atoms with Gasteiger partial charge in [0.25, 0.3) is 0 Å². The van der Waals surface area contributed by atoms with Crippen molar-refractivity contribution in [2.45, 2.75) is 13.2 Å². The van der Waals surface area contributed by atoms with Gasteiger partial charge < -0.3 is 9.47 Å². The van der Waals surface area contributed by atoms with Crippen molar-refractivity contribution >= 4 is 33.5 Å². The lowest BCUT2D eigenvalue weighted by Gasteiger charge is -2.14. The van der Waals surface area contributed by atoms with Crippen LogP contribution in [0.3, 0.4) is 0 Å². The molecule has 0 N–H and O–H groups in total. The fourth-order valence-electron chi connectivity index (χ4n) is 4.15. The Kier molecular flexibility index (Phi) is 6.04. The SMILES string of the molecule is O=C(OCc1cccc2ccc3cccc(COC(=O)c4ccccc4)c3c12)c1ccccc1. The van der Waals surface area contributed by atoms with Crippen LogP contribution in [-0.2, 0) is 22.7 Å². The second kappa shape index (κ2) is 9.59. The van der Waals surface area contributed by atoms with Gasteiger partial charge in [0.15, 0.2) is 0 Å². The summed E-state index contributed by atoms with van der Waals surface area (Å²) in [6.45, 7) is 0.282. The number of hydrogen-bond acceptors (Lipinski definition) is 4. The number of hydrogen-bond donors (Lipinski definition) is 0. The fraction of sp³-hybridized carbons (Fsp3) is 0.0667. The predicted octanol–water partition coefficient (Wildman–Crippen LogP) is 6.71. The molecule has 0 saturated carbocycles. The van der Waals surface area contributed by atoms with Crippen molar-refractivity contribution in [2.24, 2.45) is 0 Å². The predicted molar refractivity (Wildman–Crippen MR) is 133 cm³/mol. The molecule has 0 spiro atoms. The minimum atomic E-state index is -0.366. The first-order valence-corrected chi connectivity index (χ1v) is 11.1. The van der Waals surface area contributed by atoms with Crippen LogP contribution < -0.4 is 0 Å². The Hall–Kier alpha value is -4.44. The topological polar surface area (TPSA) is 52.6 Å². The number of esters is 2. The minimum absolute atomic E-state index is 0.141. The average molecular weight is 447 g/mol. The van der Waals surface area contributed by atoms with E-state index in [1.54, 1.807) is 24.3 Å². The van der Waals surface area contributed by atoms with E-state index < -0.39 is 0 Å². The fourth-order valence-corrected chi connectivity index (χ4v) is 4.15. The maximum atomic E-state index is 12.5. The number of rotatable bonds is 6. The largest absolute Gasteiger partial charge is 0.457 e. The summed E-state index contributed by atoms with van der Waals surface area (Å²) in [4.78, 5) is 25.0. The standard InChI is InChI=1S/C30H22O4/c31-29(23-9-3-1-4-10-23)33-19-25-15-7-13-21-17-18-22-14-8-16-26(28(22)27(21)25)20-34-30(32)24-11-5-2-6-12-24/h1-18H,19-20H2. The van der Waals surface area contributed by atoms with Gasteiger partial charge in [-0.3, -0.25) is 0 Å². The van der Waals surface area contributed by atoms with E-state index in [4.69, 9.17) is 9.47 Å². The maximum absolute atomic E-state index is 12.5. The third-order valence-corrected chi connectivity index (χ3v) is 5.79. The lowest BCUT2D eigenvalue weighted by Crippen LogP contribution is -2.06. The van der Waals surface area contributed by atoms with Crippen LogP contribution in [0.5, 0.6) is 0 Å². The molecule has 0 unspecified atom stereocenters. The lowest BCUT2D eigenvalue weighted by molar-refractivity contribution is 0.0464. The summed E-state index contributed by atoms with van der Waals surface area (Å²) in [5, 5.41) is 4.05. The first-order valence-electron chi connectivity index (χ1n) is 11.1. The van der Waals surface area contributed by atoms with Crippen LogP contribution in [-0.4, -0.2) is 11.9 Å². The molecule has 0 aliphatic heterocycles. The van der Waals surface area contributed by atoms with E-state index in [1.165, 1.54) is 0 Å². The minimum Gasteiger partial charge on any atom is -0.457 e. The van der Waals surface area contributed by atoms with Crippen LogP contribution in [0.4, 0.5) is 0 Å². The quantitative estimate of drug-likeness (QED) is 0.215. The molecular formula is C30H22O4. The van der Waals surface area contributed by atoms with E-state index in [-0.39, 0.29) is 25.2 Å². The van der Waals surface area contributed by atoms with Gasteiger partial charge >= 0.3 is 11.9 Å². The third-order valence-electron chi connectivity index (χ3n) is 5.79. The molecule has 0 saturated heterocycles. The van der Waals surface area contributed by atoms with Crippen LogP contribution in [0.15, 0.2) is 109 Å². The number of fused-ring (bicyclic) bond motifs is 3. The molecule has 0 aliphatic carbocycles. The summed E-state index contributed by atoms with van der Waals surface area (Å²) >= 11 is 0. The zero-order valence-electron chi connectivity index (χ0n) is 18.4. The van der Waals surface area contributed by atoms with Crippen LogP contribution in [0.25, 0.3) is 21.5 Å². The van der Waals surface area contributed by atoms with Gasteiger partial charge in [-0.1, -0.05) is 84.9 Å². The maximum Gasteiger partial charge on any atom is 0.338 e. The van der Waals surface area contributed by atoms with Gasteiger partial charge in [0.1, 0.15) is 13.2 Å². The summed E-state index contributed by atoms with van der Waals surface area (Å²) in [5.74, 6) is -0.732. The van der Waals surface area contributed by atoms with Gasteiger partial charge in [-0.15, -0.1) is 0 Å². The van der Waals surface area contributed by atoms with Crippen LogP contribution in [0.1, 0.15) is 31.8 Å². The zero-order valence-corrected chi connectivity index (χ0v) is 18.4. The van der Waals surface area contributed by atoms with Gasteiger partial charge in [-0.25, -0.2) is 9.59 Å². The Morgan fingerprint density at radius 2 is 0.882 bits per heavy atom. The molecular weight excluding hydrogens is 424 g/mol. The number of benzene rings is 5. The Morgan fingerprint density at radius 3 is 1.29 bits per heavy atom. The summed E-state index contributed by atoms with van der Waals surface area (Å²) in [7, 11) is 0. The third kappa shape index (κ3) is 4.39. The van der Waals surface area contributed by atoms with Crippen LogP contribution in [0, 0.1) is 0 Å². The van der Waals surface area contributed by atoms with Crippen molar-refractivity contribution in [3.8, 4) is 0 Å². The molecule has 0 aromatic heterocycles. The van der Waals surface area contributed by atoms with E-state index in [0.29, 0.717) is 11.1 Å². The van der Waals surface area contributed by atoms with Gasteiger partial charge in [-0.2, -0.15) is 0 Å². The molecule has 0 radical (unpaired) electrons. The monoisotopic (exact) mass is 446 g/mol. The van der Waals surface area contributed by atoms with E-state index in [9.17, 15) is 9.59 Å². The second-order valence-electron chi connectivity index (χ2n) is 7.98. The van der Waals surface area contributed by atoms with Gasteiger partial charge in [0.2, 0.25) is 0 Å². The highest BCUT2D eigenvalue weighted by Gasteiger charge is 2.14. The molecule has 5 aromatic rings. The highest BCUT2D eigenvalue weighted by atomic mass is 16.5. The van der Waals surface area contributed by atoms with Crippen molar-refractivity contribution < 1.29 is 19.1 Å². The van der Waals surface area contributed by atoms with Crippen LogP contribution in [0.2, 0.25) is 0 Å². The van der Waals surface area contributed by atoms with Gasteiger partial charge in [-0.05, 0) is 56.9 Å². The number of carbonyl (C=O) groups is 2. The highest BCUT2D eigenvalue weighted by molar-refractivity contribution is 6.10. The molecule has 0 heterocycles. The lowest BCUT2D eigenvalue weighted by atomic mass is 9.94. The van der Waals surface area contributed by atoms with E-state index in [0.717, 1.165) is 32.7 Å². The number of ether oxygens (including phenoxy) is 2. The molecule has 166 valence electrons. The van der Waals surface area contributed by atoms with E-state index >= 15 is 0 Å². The molecule has 0 atom stereocenters. The number of carbonyl (C=O) groups excluding carboxylic acids is 2. The molecule has 5 aromatic carbocycles. The average Bonchev–Trinajstić information content (AvgIpc) is 2.91. The molecule has 4 heteroatoms. The summed E-state index contributed by atoms with van der Waals surface area (Å²) < 4.78 is 11.3. The van der Waals surface area contributed by atoms with Crippen molar-refractivity contribution in [3.05, 3.63) is 131 Å². The summed E-state index contributed by atoms with van der Waals surface area (Å²) in [6.07, 6.45) is 0. The highest BCUT2D eigenvalue weighted by Crippen LogP contribution is 2.32. The van der Waals surface area contributed by atoms with Crippen molar-refractivity contribution in [3.63, 3.8) is 0 Å². The van der Waals surface area contributed by atoms with Crippen molar-refractivity contribution in [1.29, 1.82) is 0 Å². The second-order valence-corrected chi connectivity index (χ2v) is 7.98. The van der Waals surface area contributed by atoms with Gasteiger partial charge in [0, 0.05) is 0 Å². The van der Waals surface area contributed by atoms with E-state index in [1.807, 2.05) is 72.8 Å². The first-order chi connectivity index (χ1) is 16.7. The Labute approximate surface area is 197 Å². The van der Waals surface area contributed by atoms with Crippen molar-refractivity contribution in [2.75, 3.05) is 0 Å². The molecule has 4 nitrogen and oxygen atoms in total. The zero-order chi connectivity index (χ0) is 23.3. The Bertz CT molecular complexity index is 1360. The summed E-state index contributed by atoms with van der Waals surface area (Å²) in [6, 6.07) is 33.9. The first kappa shape index (κ1) is 21.4. The Balaban J connectivity index is 1.49. The molecule has 0 amide bonds. The molecule has 0 bridgehead atoms. The molecule has 0 aliphatic rings. The Morgan fingerprint density at radius 1 is 0.471 bits per heavy atom. The molecule has 5 rings (SSSR count). The van der Waals surface area contributed by atoms with Crippen LogP contribution >= 0.6 is 0 Å². The van der Waals surface area contributed by atoms with Crippen molar-refractivity contribution in [1.82, 2.24) is 0 Å².